The Morgan fingerprint density at radius 2 is 1.82 bits per heavy atom. The highest BCUT2D eigenvalue weighted by molar-refractivity contribution is 7.89. The van der Waals surface area contributed by atoms with Gasteiger partial charge in [0.1, 0.15) is 5.75 Å². The minimum atomic E-state index is -3.42. The van der Waals surface area contributed by atoms with Crippen molar-refractivity contribution in [2.45, 2.75) is 56.2 Å². The van der Waals surface area contributed by atoms with E-state index in [0.29, 0.717) is 35.8 Å². The third kappa shape index (κ3) is 3.29. The van der Waals surface area contributed by atoms with Crippen LogP contribution in [0.2, 0.25) is 0 Å². The third-order valence-corrected chi connectivity index (χ3v) is 6.20. The second-order valence-electron chi connectivity index (χ2n) is 6.43. The molecule has 0 amide bonds. The Bertz CT molecular complexity index is 613. The molecule has 0 aliphatic carbocycles. The van der Waals surface area contributed by atoms with E-state index < -0.39 is 10.0 Å². The lowest BCUT2D eigenvalue weighted by molar-refractivity contribution is 0.242. The van der Waals surface area contributed by atoms with Crippen molar-refractivity contribution in [2.75, 3.05) is 13.1 Å². The molecule has 22 heavy (non-hydrogen) atoms. The van der Waals surface area contributed by atoms with E-state index in [0.717, 1.165) is 12.8 Å². The van der Waals surface area contributed by atoms with E-state index >= 15 is 0 Å². The highest BCUT2D eigenvalue weighted by Gasteiger charge is 2.34. The van der Waals surface area contributed by atoms with Crippen molar-refractivity contribution < 1.29 is 13.2 Å². The summed E-state index contributed by atoms with van der Waals surface area (Å²) >= 11 is 0. The van der Waals surface area contributed by atoms with E-state index in [4.69, 9.17) is 4.74 Å². The first-order chi connectivity index (χ1) is 10.4. The summed E-state index contributed by atoms with van der Waals surface area (Å²) in [4.78, 5) is 0.348. The van der Waals surface area contributed by atoms with Gasteiger partial charge in [-0.1, -0.05) is 0 Å². The molecule has 1 aromatic rings. The number of nitrogens with zero attached hydrogens (tertiary/aromatic N) is 1. The summed E-state index contributed by atoms with van der Waals surface area (Å²) in [5.74, 6) is 0.700. The minimum Gasteiger partial charge on any atom is -0.491 e. The zero-order valence-electron chi connectivity index (χ0n) is 13.2. The van der Waals surface area contributed by atoms with Gasteiger partial charge < -0.3 is 10.1 Å². The van der Waals surface area contributed by atoms with Gasteiger partial charge in [0.2, 0.25) is 10.0 Å². The molecule has 2 atom stereocenters. The van der Waals surface area contributed by atoms with Crippen molar-refractivity contribution in [2.24, 2.45) is 0 Å². The Morgan fingerprint density at radius 3 is 2.50 bits per heavy atom. The van der Waals surface area contributed by atoms with Gasteiger partial charge in [0.25, 0.3) is 0 Å². The maximum Gasteiger partial charge on any atom is 0.243 e. The molecule has 2 bridgehead atoms. The second kappa shape index (κ2) is 6.18. The number of rotatable bonds is 4. The van der Waals surface area contributed by atoms with Gasteiger partial charge in [-0.15, -0.1) is 0 Å². The average Bonchev–Trinajstić information content (AvgIpc) is 2.77. The van der Waals surface area contributed by atoms with Gasteiger partial charge in [0.15, 0.2) is 0 Å². The molecule has 0 spiro atoms. The Kier molecular flexibility index (Phi) is 4.43. The monoisotopic (exact) mass is 324 g/mol. The third-order valence-electron chi connectivity index (χ3n) is 4.32. The van der Waals surface area contributed by atoms with Crippen molar-refractivity contribution in [3.63, 3.8) is 0 Å². The summed E-state index contributed by atoms with van der Waals surface area (Å²) in [5.41, 5.74) is 0. The van der Waals surface area contributed by atoms with Gasteiger partial charge in [0.05, 0.1) is 11.0 Å². The van der Waals surface area contributed by atoms with Gasteiger partial charge in [-0.2, -0.15) is 4.31 Å². The lowest BCUT2D eigenvalue weighted by Gasteiger charge is -2.23. The van der Waals surface area contributed by atoms with Crippen LogP contribution in [0.5, 0.6) is 5.75 Å². The smallest absolute Gasteiger partial charge is 0.243 e. The van der Waals surface area contributed by atoms with Crippen LogP contribution in [0, 0.1) is 0 Å². The first-order valence-electron chi connectivity index (χ1n) is 7.98. The number of nitrogens with one attached hydrogen (secondary N) is 1. The molecule has 6 heteroatoms. The minimum absolute atomic E-state index is 0.0784. The van der Waals surface area contributed by atoms with Gasteiger partial charge >= 0.3 is 0 Å². The lowest BCUT2D eigenvalue weighted by Crippen LogP contribution is -2.39. The molecule has 2 fully saturated rings. The SMILES string of the molecule is CC(C)Oc1ccc(S(=O)(=O)N2CCC3CCC(C2)N3)cc1. The van der Waals surface area contributed by atoms with E-state index in [1.807, 2.05) is 13.8 Å². The molecule has 2 saturated heterocycles. The van der Waals surface area contributed by atoms with Crippen LogP contribution in [-0.2, 0) is 10.0 Å². The Labute approximate surface area is 132 Å². The summed E-state index contributed by atoms with van der Waals surface area (Å²) in [5, 5.41) is 3.51. The van der Waals surface area contributed by atoms with E-state index in [2.05, 4.69) is 5.32 Å². The van der Waals surface area contributed by atoms with Crippen LogP contribution in [0.25, 0.3) is 0 Å². The van der Waals surface area contributed by atoms with Crippen LogP contribution in [0.4, 0.5) is 0 Å². The number of benzene rings is 1. The largest absolute Gasteiger partial charge is 0.491 e. The second-order valence-corrected chi connectivity index (χ2v) is 8.37. The molecular weight excluding hydrogens is 300 g/mol. The van der Waals surface area contributed by atoms with Crippen LogP contribution < -0.4 is 10.1 Å². The molecule has 3 rings (SSSR count). The standard InChI is InChI=1S/C16H24N2O3S/c1-12(2)21-15-5-7-16(8-6-15)22(19,20)18-10-9-13-3-4-14(11-18)17-13/h5-8,12-14,17H,3-4,9-11H2,1-2H3. The Hall–Kier alpha value is -1.11. The Morgan fingerprint density at radius 1 is 1.14 bits per heavy atom. The molecule has 2 aliphatic heterocycles. The fourth-order valence-electron chi connectivity index (χ4n) is 3.24. The highest BCUT2D eigenvalue weighted by atomic mass is 32.2. The summed E-state index contributed by atoms with van der Waals surface area (Å²) in [7, 11) is -3.42. The molecule has 1 N–H and O–H groups in total. The lowest BCUT2D eigenvalue weighted by atomic mass is 10.1. The number of ether oxygens (including phenoxy) is 1. The predicted octanol–water partition coefficient (Wildman–Crippen LogP) is 1.99. The molecule has 1 aromatic carbocycles. The van der Waals surface area contributed by atoms with Crippen LogP contribution in [0.3, 0.4) is 0 Å². The number of fused-ring (bicyclic) bond motifs is 2. The van der Waals surface area contributed by atoms with Crippen molar-refractivity contribution in [3.05, 3.63) is 24.3 Å². The van der Waals surface area contributed by atoms with Crippen LogP contribution in [0.15, 0.2) is 29.2 Å². The first-order valence-corrected chi connectivity index (χ1v) is 9.42. The van der Waals surface area contributed by atoms with Crippen molar-refractivity contribution in [1.82, 2.24) is 9.62 Å². The molecule has 0 saturated carbocycles. The summed E-state index contributed by atoms with van der Waals surface area (Å²) < 4.78 is 32.8. The van der Waals surface area contributed by atoms with Crippen molar-refractivity contribution in [3.8, 4) is 5.75 Å². The van der Waals surface area contributed by atoms with Gasteiger partial charge in [-0.3, -0.25) is 0 Å². The molecule has 5 nitrogen and oxygen atoms in total. The van der Waals surface area contributed by atoms with E-state index in [1.165, 1.54) is 6.42 Å². The highest BCUT2D eigenvalue weighted by Crippen LogP contribution is 2.26. The molecular formula is C16H24N2O3S. The summed E-state index contributed by atoms with van der Waals surface area (Å²) in [6.45, 7) is 5.07. The maximum atomic E-state index is 12.8. The van der Waals surface area contributed by atoms with Crippen molar-refractivity contribution >= 4 is 10.0 Å². The zero-order valence-corrected chi connectivity index (χ0v) is 14.0. The molecule has 0 radical (unpaired) electrons. The van der Waals surface area contributed by atoms with Crippen LogP contribution in [-0.4, -0.2) is 44.0 Å². The van der Waals surface area contributed by atoms with E-state index in [1.54, 1.807) is 28.6 Å². The number of hydrogen-bond donors (Lipinski definition) is 1. The van der Waals surface area contributed by atoms with Gasteiger partial charge in [-0.25, -0.2) is 8.42 Å². The fourth-order valence-corrected chi connectivity index (χ4v) is 4.74. The fraction of sp³-hybridized carbons (Fsp3) is 0.625. The number of hydrogen-bond acceptors (Lipinski definition) is 4. The quantitative estimate of drug-likeness (QED) is 0.920. The van der Waals surface area contributed by atoms with Crippen LogP contribution in [0.1, 0.15) is 33.1 Å². The summed E-state index contributed by atoms with van der Waals surface area (Å²) in [6.07, 6.45) is 3.21. The normalized spacial score (nSPS) is 26.1. The van der Waals surface area contributed by atoms with Gasteiger partial charge in [0, 0.05) is 25.2 Å². The summed E-state index contributed by atoms with van der Waals surface area (Å²) in [6, 6.07) is 7.52. The molecule has 2 heterocycles. The van der Waals surface area contributed by atoms with E-state index in [-0.39, 0.29) is 6.10 Å². The van der Waals surface area contributed by atoms with Crippen LogP contribution >= 0.6 is 0 Å². The molecule has 0 aromatic heterocycles. The molecule has 2 aliphatic rings. The maximum absolute atomic E-state index is 12.8. The average molecular weight is 324 g/mol. The van der Waals surface area contributed by atoms with Crippen molar-refractivity contribution in [1.29, 1.82) is 0 Å². The molecule has 2 unspecified atom stereocenters. The Balaban J connectivity index is 1.77. The van der Waals surface area contributed by atoms with Gasteiger partial charge in [-0.05, 0) is 57.4 Å². The number of sulfonamides is 1. The van der Waals surface area contributed by atoms with E-state index in [9.17, 15) is 8.42 Å². The predicted molar refractivity (Wildman–Crippen MR) is 85.5 cm³/mol. The first kappa shape index (κ1) is 15.8. The zero-order chi connectivity index (χ0) is 15.7. The molecule has 122 valence electrons. The topological polar surface area (TPSA) is 58.6 Å².